The number of fused-ring (bicyclic) bond motifs is 3. The van der Waals surface area contributed by atoms with Gasteiger partial charge in [-0.2, -0.15) is 13.2 Å². The summed E-state index contributed by atoms with van der Waals surface area (Å²) in [6.07, 6.45) is -0.642. The van der Waals surface area contributed by atoms with Crippen LogP contribution >= 0.6 is 11.3 Å². The number of alkyl halides is 4. The molecular formula is C24H27F4N5O3S2. The van der Waals surface area contributed by atoms with Crippen molar-refractivity contribution in [2.24, 2.45) is 5.92 Å². The summed E-state index contributed by atoms with van der Waals surface area (Å²) in [7, 11) is -3.31. The van der Waals surface area contributed by atoms with E-state index >= 15 is 0 Å². The Morgan fingerprint density at radius 3 is 2.53 bits per heavy atom. The monoisotopic (exact) mass is 573 g/mol. The van der Waals surface area contributed by atoms with Gasteiger partial charge in [0.2, 0.25) is 16.0 Å². The summed E-state index contributed by atoms with van der Waals surface area (Å²) >= 11 is 1.14. The van der Waals surface area contributed by atoms with Crippen LogP contribution in [0.5, 0.6) is 0 Å². The normalized spacial score (nSPS) is 28.3. The lowest BCUT2D eigenvalue weighted by Gasteiger charge is -2.46. The molecule has 2 aromatic rings. The number of hydrogen-bond acceptors (Lipinski definition) is 7. The standard InChI is InChI=1S/C24H27F4N5O3S2/c1-38(35,36)32-7-3-15(4-8-32)30-22-29-12-17(24(26,27)28)19(31-22)18-11-16-20(37-18)23(13-9-14(25)10-13)5-2-6-33(23)21(16)34/h11-15H,2-10H2,1H3,(H,29,30,31). The molecule has 206 valence electrons. The molecule has 14 heteroatoms. The molecule has 0 bridgehead atoms. The molecule has 1 unspecified atom stereocenters. The van der Waals surface area contributed by atoms with Crippen LogP contribution < -0.4 is 5.32 Å². The predicted molar refractivity (Wildman–Crippen MR) is 133 cm³/mol. The Labute approximate surface area is 221 Å². The molecule has 1 N–H and O–H groups in total. The topological polar surface area (TPSA) is 95.5 Å². The number of rotatable bonds is 5. The third-order valence-corrected chi connectivity index (χ3v) is 11.0. The van der Waals surface area contributed by atoms with Crippen LogP contribution in [0.25, 0.3) is 10.6 Å². The van der Waals surface area contributed by atoms with E-state index < -0.39 is 33.5 Å². The molecular weight excluding hydrogens is 546 g/mol. The molecule has 38 heavy (non-hydrogen) atoms. The highest BCUT2D eigenvalue weighted by Crippen LogP contribution is 2.60. The van der Waals surface area contributed by atoms with E-state index in [9.17, 15) is 30.8 Å². The van der Waals surface area contributed by atoms with Gasteiger partial charge in [0.25, 0.3) is 5.91 Å². The molecule has 2 saturated heterocycles. The smallest absolute Gasteiger partial charge is 0.351 e. The first kappa shape index (κ1) is 25.9. The van der Waals surface area contributed by atoms with Crippen molar-refractivity contribution in [2.45, 2.75) is 62.5 Å². The molecule has 5 heterocycles. The molecule has 0 radical (unpaired) electrons. The maximum absolute atomic E-state index is 14.0. The van der Waals surface area contributed by atoms with Gasteiger partial charge in [-0.25, -0.2) is 27.1 Å². The molecule has 0 spiro atoms. The third kappa shape index (κ3) is 4.10. The van der Waals surface area contributed by atoms with Crippen molar-refractivity contribution in [3.63, 3.8) is 0 Å². The molecule has 4 aliphatic rings. The second kappa shape index (κ2) is 8.85. The largest absolute Gasteiger partial charge is 0.420 e. The Kier molecular flexibility index (Phi) is 6.04. The van der Waals surface area contributed by atoms with Gasteiger partial charge in [0.1, 0.15) is 11.7 Å². The highest BCUT2D eigenvalue weighted by Gasteiger charge is 2.60. The quantitative estimate of drug-likeness (QED) is 0.538. The molecule has 3 aliphatic heterocycles. The van der Waals surface area contributed by atoms with Gasteiger partial charge in [-0.1, -0.05) is 0 Å². The van der Waals surface area contributed by atoms with E-state index in [4.69, 9.17) is 0 Å². The summed E-state index contributed by atoms with van der Waals surface area (Å²) < 4.78 is 80.8. The molecule has 1 aliphatic carbocycles. The van der Waals surface area contributed by atoms with Gasteiger partial charge in [-0.05, 0) is 50.5 Å². The van der Waals surface area contributed by atoms with Crippen LogP contribution in [0.4, 0.5) is 23.5 Å². The fourth-order valence-electron chi connectivity index (χ4n) is 6.40. The van der Waals surface area contributed by atoms with E-state index in [2.05, 4.69) is 15.3 Å². The Morgan fingerprint density at radius 1 is 1.18 bits per heavy atom. The zero-order valence-corrected chi connectivity index (χ0v) is 22.2. The fraction of sp³-hybridized carbons (Fsp3) is 0.625. The van der Waals surface area contributed by atoms with Crippen molar-refractivity contribution in [3.8, 4) is 10.6 Å². The van der Waals surface area contributed by atoms with Crippen molar-refractivity contribution in [1.82, 2.24) is 19.2 Å². The number of nitrogens with zero attached hydrogens (tertiary/aromatic N) is 4. The third-order valence-electron chi connectivity index (χ3n) is 8.36. The zero-order chi connectivity index (χ0) is 27.0. The van der Waals surface area contributed by atoms with Crippen molar-refractivity contribution < 1.29 is 30.8 Å². The number of piperidine rings is 1. The van der Waals surface area contributed by atoms with Gasteiger partial charge in [0, 0.05) is 36.8 Å². The van der Waals surface area contributed by atoms with Gasteiger partial charge < -0.3 is 10.2 Å². The first-order chi connectivity index (χ1) is 17.9. The summed E-state index contributed by atoms with van der Waals surface area (Å²) in [5.74, 6) is -0.234. The highest BCUT2D eigenvalue weighted by atomic mass is 32.2. The van der Waals surface area contributed by atoms with Crippen molar-refractivity contribution in [2.75, 3.05) is 31.2 Å². The molecule has 0 aromatic carbocycles. The molecule has 8 nitrogen and oxygen atoms in total. The van der Waals surface area contributed by atoms with Crippen LogP contribution in [0.2, 0.25) is 0 Å². The maximum atomic E-state index is 14.0. The first-order valence-electron chi connectivity index (χ1n) is 12.6. The SMILES string of the molecule is CS(=O)(=O)N1CCC(Nc2ncc(C(F)(F)F)c(-c3cc4c(s3)C3(C5CC(F)C5)CCCN3C4=O)n2)CC1. The van der Waals surface area contributed by atoms with Crippen LogP contribution in [0, 0.1) is 5.92 Å². The summed E-state index contributed by atoms with van der Waals surface area (Å²) in [5.41, 5.74) is -1.54. The molecule has 2 aromatic heterocycles. The highest BCUT2D eigenvalue weighted by molar-refractivity contribution is 7.88. The van der Waals surface area contributed by atoms with Gasteiger partial charge in [0.15, 0.2) is 0 Å². The van der Waals surface area contributed by atoms with E-state index in [1.165, 1.54) is 10.4 Å². The number of halogens is 4. The van der Waals surface area contributed by atoms with Gasteiger partial charge >= 0.3 is 6.18 Å². The number of aromatic nitrogens is 2. The lowest BCUT2D eigenvalue weighted by Crippen LogP contribution is -2.49. The van der Waals surface area contributed by atoms with Crippen LogP contribution in [0.15, 0.2) is 12.3 Å². The minimum absolute atomic E-state index is 0.0159. The van der Waals surface area contributed by atoms with Gasteiger partial charge in [-0.3, -0.25) is 4.79 Å². The van der Waals surface area contributed by atoms with E-state index in [1.54, 1.807) is 4.90 Å². The average Bonchev–Trinajstić information content (AvgIpc) is 3.50. The number of nitrogens with one attached hydrogen (secondary N) is 1. The Balaban J connectivity index is 1.33. The number of thiophene rings is 1. The van der Waals surface area contributed by atoms with Crippen molar-refractivity contribution in [3.05, 3.63) is 28.3 Å². The van der Waals surface area contributed by atoms with E-state index in [0.717, 1.165) is 35.1 Å². The van der Waals surface area contributed by atoms with Crippen molar-refractivity contribution in [1.29, 1.82) is 0 Å². The first-order valence-corrected chi connectivity index (χ1v) is 15.3. The summed E-state index contributed by atoms with van der Waals surface area (Å²) in [4.78, 5) is 24.2. The Bertz CT molecular complexity index is 1380. The number of sulfonamides is 1. The number of anilines is 1. The lowest BCUT2D eigenvalue weighted by molar-refractivity contribution is -0.137. The second-order valence-corrected chi connectivity index (χ2v) is 13.7. The fourth-order valence-corrected chi connectivity index (χ4v) is 8.74. The Hall–Kier alpha value is -2.32. The van der Waals surface area contributed by atoms with Crippen LogP contribution in [0.1, 0.15) is 59.3 Å². The molecule has 3 fully saturated rings. The minimum Gasteiger partial charge on any atom is -0.351 e. The predicted octanol–water partition coefficient (Wildman–Crippen LogP) is 4.25. The zero-order valence-electron chi connectivity index (χ0n) is 20.6. The lowest BCUT2D eigenvalue weighted by atomic mass is 9.68. The number of hydrogen-bond donors (Lipinski definition) is 1. The number of amides is 1. The van der Waals surface area contributed by atoms with E-state index in [0.29, 0.717) is 57.3 Å². The van der Waals surface area contributed by atoms with Gasteiger partial charge in [0.05, 0.1) is 27.9 Å². The van der Waals surface area contributed by atoms with E-state index in [1.807, 2.05) is 0 Å². The summed E-state index contributed by atoms with van der Waals surface area (Å²) in [5, 5.41) is 3.06. The average molecular weight is 574 g/mol. The van der Waals surface area contributed by atoms with Crippen molar-refractivity contribution >= 4 is 33.2 Å². The molecule has 1 atom stereocenters. The summed E-state index contributed by atoms with van der Waals surface area (Å²) in [6, 6.07) is 1.30. The molecule has 1 saturated carbocycles. The number of carbonyl (C=O) groups is 1. The molecule has 1 amide bonds. The van der Waals surface area contributed by atoms with Crippen LogP contribution in [0.3, 0.4) is 0 Å². The second-order valence-electron chi connectivity index (χ2n) is 10.6. The number of carbonyl (C=O) groups excluding carboxylic acids is 1. The van der Waals surface area contributed by atoms with E-state index in [-0.39, 0.29) is 34.4 Å². The minimum atomic E-state index is -4.71. The van der Waals surface area contributed by atoms with Gasteiger partial charge in [-0.15, -0.1) is 11.3 Å². The van der Waals surface area contributed by atoms with Crippen LogP contribution in [-0.4, -0.2) is 71.6 Å². The Morgan fingerprint density at radius 2 is 1.89 bits per heavy atom. The molecule has 6 rings (SSSR count). The summed E-state index contributed by atoms with van der Waals surface area (Å²) in [6.45, 7) is 1.16. The maximum Gasteiger partial charge on any atom is 0.420 e. The van der Waals surface area contributed by atoms with Crippen LogP contribution in [-0.2, 0) is 21.7 Å².